The van der Waals surface area contributed by atoms with Crippen molar-refractivity contribution < 1.29 is 9.13 Å². The average Bonchev–Trinajstić information content (AvgIpc) is 2.52. The zero-order valence-corrected chi connectivity index (χ0v) is 17.4. The Labute approximate surface area is 162 Å². The number of hydrogen-bond acceptors (Lipinski definition) is 3. The second-order valence-electron chi connectivity index (χ2n) is 5.35. The van der Waals surface area contributed by atoms with E-state index >= 15 is 0 Å². The molecule has 0 saturated heterocycles. The molecule has 138 valence electrons. The van der Waals surface area contributed by atoms with E-state index in [9.17, 15) is 4.39 Å². The van der Waals surface area contributed by atoms with Gasteiger partial charge in [-0.2, -0.15) is 0 Å². The fourth-order valence-electron chi connectivity index (χ4n) is 2.05. The molecule has 0 aliphatic rings. The van der Waals surface area contributed by atoms with Crippen LogP contribution in [0.15, 0.2) is 23.2 Å². The zero-order valence-electron chi connectivity index (χ0n) is 15.1. The summed E-state index contributed by atoms with van der Waals surface area (Å²) in [5.41, 5.74) is 1.43. The fraction of sp³-hybridized carbons (Fsp3) is 0.588. The zero-order chi connectivity index (χ0) is 17.1. The minimum atomic E-state index is -0.225. The molecule has 24 heavy (non-hydrogen) atoms. The van der Waals surface area contributed by atoms with Gasteiger partial charge in [-0.15, -0.1) is 24.0 Å². The van der Waals surface area contributed by atoms with Crippen LogP contribution in [0.3, 0.4) is 0 Å². The first-order valence-electron chi connectivity index (χ1n) is 8.14. The summed E-state index contributed by atoms with van der Waals surface area (Å²) in [5.74, 6) is 0.512. The minimum Gasteiger partial charge on any atom is -0.382 e. The van der Waals surface area contributed by atoms with Crippen LogP contribution in [0.25, 0.3) is 0 Å². The van der Waals surface area contributed by atoms with Crippen molar-refractivity contribution in [2.75, 3.05) is 45.3 Å². The quantitative estimate of drug-likeness (QED) is 0.262. The third-order valence-corrected chi connectivity index (χ3v) is 3.22. The first-order valence-corrected chi connectivity index (χ1v) is 8.14. The van der Waals surface area contributed by atoms with E-state index in [1.807, 2.05) is 34.0 Å². The molecule has 1 aromatic carbocycles. The van der Waals surface area contributed by atoms with Gasteiger partial charge < -0.3 is 20.3 Å². The Balaban J connectivity index is 0.00000529. The summed E-state index contributed by atoms with van der Waals surface area (Å²) >= 11 is 0. The van der Waals surface area contributed by atoms with Crippen molar-refractivity contribution in [3.05, 3.63) is 29.6 Å². The Morgan fingerprint density at radius 1 is 1.25 bits per heavy atom. The Kier molecular flexibility index (Phi) is 12.6. The molecule has 7 heteroatoms. The van der Waals surface area contributed by atoms with Crippen LogP contribution < -0.4 is 15.5 Å². The lowest BCUT2D eigenvalue weighted by atomic mass is 10.2. The van der Waals surface area contributed by atoms with Gasteiger partial charge in [-0.05, 0) is 38.0 Å². The van der Waals surface area contributed by atoms with Crippen molar-refractivity contribution in [1.82, 2.24) is 10.6 Å². The maximum absolute atomic E-state index is 14.0. The molecule has 2 N–H and O–H groups in total. The molecule has 0 amide bonds. The summed E-state index contributed by atoms with van der Waals surface area (Å²) in [7, 11) is 3.65. The number of nitrogens with one attached hydrogen (secondary N) is 2. The lowest BCUT2D eigenvalue weighted by molar-refractivity contribution is 0.145. The standard InChI is InChI=1S/C17H29FN4O.HI/c1-5-19-17(20-10-7-11-23-6-2)21-13-14-8-9-16(22(3)4)15(18)12-14;/h8-9,12H,5-7,10-11,13H2,1-4H3,(H2,19,20,21);1H. The molecular formula is C17H30FIN4O. The Bertz CT molecular complexity index is 497. The first kappa shape index (κ1) is 22.9. The number of nitrogens with zero attached hydrogens (tertiary/aromatic N) is 2. The van der Waals surface area contributed by atoms with Gasteiger partial charge in [0.05, 0.1) is 12.2 Å². The molecule has 0 aliphatic carbocycles. The molecule has 0 aromatic heterocycles. The van der Waals surface area contributed by atoms with Gasteiger partial charge >= 0.3 is 0 Å². The van der Waals surface area contributed by atoms with E-state index < -0.39 is 0 Å². The van der Waals surface area contributed by atoms with Crippen molar-refractivity contribution in [2.24, 2.45) is 4.99 Å². The molecule has 0 radical (unpaired) electrons. The predicted octanol–water partition coefficient (Wildman–Crippen LogP) is 2.99. The molecule has 5 nitrogen and oxygen atoms in total. The van der Waals surface area contributed by atoms with Gasteiger partial charge in [-0.1, -0.05) is 6.07 Å². The number of aliphatic imine (C=N–C) groups is 1. The summed E-state index contributed by atoms with van der Waals surface area (Å²) in [5, 5.41) is 6.44. The van der Waals surface area contributed by atoms with Crippen LogP contribution in [0.2, 0.25) is 0 Å². The lowest BCUT2D eigenvalue weighted by Gasteiger charge is -2.14. The van der Waals surface area contributed by atoms with E-state index in [1.165, 1.54) is 6.07 Å². The number of halogens is 2. The Morgan fingerprint density at radius 2 is 2.00 bits per heavy atom. The molecule has 0 spiro atoms. The fourth-order valence-corrected chi connectivity index (χ4v) is 2.05. The third-order valence-electron chi connectivity index (χ3n) is 3.22. The van der Waals surface area contributed by atoms with Gasteiger partial charge in [-0.25, -0.2) is 9.38 Å². The van der Waals surface area contributed by atoms with Crippen LogP contribution in [0.1, 0.15) is 25.8 Å². The summed E-state index contributed by atoms with van der Waals surface area (Å²) < 4.78 is 19.3. The van der Waals surface area contributed by atoms with E-state index in [-0.39, 0.29) is 29.8 Å². The lowest BCUT2D eigenvalue weighted by Crippen LogP contribution is -2.38. The normalized spacial score (nSPS) is 11.0. The van der Waals surface area contributed by atoms with Crippen molar-refractivity contribution in [3.63, 3.8) is 0 Å². The average molecular weight is 452 g/mol. The van der Waals surface area contributed by atoms with Crippen LogP contribution in [-0.2, 0) is 11.3 Å². The van der Waals surface area contributed by atoms with Crippen molar-refractivity contribution in [3.8, 4) is 0 Å². The van der Waals surface area contributed by atoms with Crippen LogP contribution in [0.4, 0.5) is 10.1 Å². The van der Waals surface area contributed by atoms with Crippen LogP contribution in [-0.4, -0.2) is 46.4 Å². The number of anilines is 1. The van der Waals surface area contributed by atoms with Crippen molar-refractivity contribution in [2.45, 2.75) is 26.8 Å². The van der Waals surface area contributed by atoms with Gasteiger partial charge in [0, 0.05) is 40.4 Å². The van der Waals surface area contributed by atoms with E-state index in [0.717, 1.165) is 44.2 Å². The maximum Gasteiger partial charge on any atom is 0.191 e. The summed E-state index contributed by atoms with van der Waals surface area (Å²) in [6.07, 6.45) is 0.921. The highest BCUT2D eigenvalue weighted by molar-refractivity contribution is 14.0. The summed E-state index contributed by atoms with van der Waals surface area (Å²) in [4.78, 5) is 6.25. The Morgan fingerprint density at radius 3 is 2.58 bits per heavy atom. The van der Waals surface area contributed by atoms with Crippen LogP contribution >= 0.6 is 24.0 Å². The number of benzene rings is 1. The molecule has 0 aliphatic heterocycles. The van der Waals surface area contributed by atoms with Crippen LogP contribution in [0.5, 0.6) is 0 Å². The van der Waals surface area contributed by atoms with Gasteiger partial charge in [-0.3, -0.25) is 0 Å². The second-order valence-corrected chi connectivity index (χ2v) is 5.35. The smallest absolute Gasteiger partial charge is 0.191 e. The number of guanidine groups is 1. The topological polar surface area (TPSA) is 48.9 Å². The first-order chi connectivity index (χ1) is 11.1. The van der Waals surface area contributed by atoms with E-state index in [0.29, 0.717) is 12.2 Å². The molecule has 1 rings (SSSR count). The molecule has 0 bridgehead atoms. The molecule has 0 fully saturated rings. The number of ether oxygens (including phenoxy) is 1. The Hall–Kier alpha value is -1.09. The van der Waals surface area contributed by atoms with E-state index in [4.69, 9.17) is 4.74 Å². The minimum absolute atomic E-state index is 0. The predicted molar refractivity (Wildman–Crippen MR) is 110 cm³/mol. The maximum atomic E-state index is 14.0. The largest absolute Gasteiger partial charge is 0.382 e. The summed E-state index contributed by atoms with van der Waals surface area (Å²) in [6.45, 7) is 7.49. The highest BCUT2D eigenvalue weighted by Crippen LogP contribution is 2.18. The van der Waals surface area contributed by atoms with Gasteiger partial charge in [0.2, 0.25) is 0 Å². The SMILES string of the molecule is CCNC(=NCc1ccc(N(C)C)c(F)c1)NCCCOCC.I. The highest BCUT2D eigenvalue weighted by Gasteiger charge is 2.05. The third kappa shape index (κ3) is 8.68. The molecular weight excluding hydrogens is 422 g/mol. The molecule has 0 saturated carbocycles. The van der Waals surface area contributed by atoms with E-state index in [1.54, 1.807) is 11.0 Å². The van der Waals surface area contributed by atoms with Crippen molar-refractivity contribution in [1.29, 1.82) is 0 Å². The highest BCUT2D eigenvalue weighted by atomic mass is 127. The number of rotatable bonds is 9. The van der Waals surface area contributed by atoms with Crippen molar-refractivity contribution >= 4 is 35.6 Å². The van der Waals surface area contributed by atoms with E-state index in [2.05, 4.69) is 15.6 Å². The molecule has 1 aromatic rings. The van der Waals surface area contributed by atoms with Gasteiger partial charge in [0.1, 0.15) is 5.82 Å². The number of hydrogen-bond donors (Lipinski definition) is 2. The molecule has 0 atom stereocenters. The van der Waals surface area contributed by atoms with Crippen LogP contribution in [0, 0.1) is 5.82 Å². The molecule has 0 heterocycles. The monoisotopic (exact) mass is 452 g/mol. The summed E-state index contributed by atoms with van der Waals surface area (Å²) in [6, 6.07) is 5.22. The van der Waals surface area contributed by atoms with Gasteiger partial charge in [0.15, 0.2) is 5.96 Å². The van der Waals surface area contributed by atoms with Gasteiger partial charge in [0.25, 0.3) is 0 Å². The second kappa shape index (κ2) is 13.2. The molecule has 0 unspecified atom stereocenters.